The number of rotatable bonds is 7. The van der Waals surface area contributed by atoms with Gasteiger partial charge in [0.15, 0.2) is 11.6 Å². The zero-order valence-electron chi connectivity index (χ0n) is 12.4. The SMILES string of the molecule is COc1ccc(C(C)N(CCC(=O)O)C(C)C)cc1F. The topological polar surface area (TPSA) is 49.8 Å². The van der Waals surface area contributed by atoms with Crippen LogP contribution in [0.15, 0.2) is 18.2 Å². The predicted molar refractivity (Wildman–Crippen MR) is 75.5 cm³/mol. The van der Waals surface area contributed by atoms with E-state index in [1.165, 1.54) is 13.2 Å². The second kappa shape index (κ2) is 7.24. The van der Waals surface area contributed by atoms with Crippen LogP contribution in [0.3, 0.4) is 0 Å². The lowest BCUT2D eigenvalue weighted by molar-refractivity contribution is -0.137. The van der Waals surface area contributed by atoms with Gasteiger partial charge in [-0.3, -0.25) is 9.69 Å². The largest absolute Gasteiger partial charge is 0.494 e. The van der Waals surface area contributed by atoms with Crippen molar-refractivity contribution in [1.82, 2.24) is 4.90 Å². The van der Waals surface area contributed by atoms with Crippen LogP contribution >= 0.6 is 0 Å². The van der Waals surface area contributed by atoms with Gasteiger partial charge in [-0.15, -0.1) is 0 Å². The van der Waals surface area contributed by atoms with E-state index in [9.17, 15) is 9.18 Å². The number of carboxylic acids is 1. The molecule has 5 heteroatoms. The molecule has 0 radical (unpaired) electrons. The van der Waals surface area contributed by atoms with Crippen molar-refractivity contribution < 1.29 is 19.0 Å². The molecule has 1 aromatic carbocycles. The maximum Gasteiger partial charge on any atom is 0.304 e. The molecule has 0 amide bonds. The maximum absolute atomic E-state index is 13.8. The number of halogens is 1. The summed E-state index contributed by atoms with van der Waals surface area (Å²) in [5.41, 5.74) is 0.808. The van der Waals surface area contributed by atoms with Gasteiger partial charge in [-0.2, -0.15) is 0 Å². The number of nitrogens with zero attached hydrogens (tertiary/aromatic N) is 1. The van der Waals surface area contributed by atoms with E-state index in [1.807, 2.05) is 31.7 Å². The van der Waals surface area contributed by atoms with Gasteiger partial charge in [0.25, 0.3) is 0 Å². The van der Waals surface area contributed by atoms with Crippen LogP contribution in [0, 0.1) is 5.82 Å². The molecule has 0 aliphatic heterocycles. The van der Waals surface area contributed by atoms with E-state index in [1.54, 1.807) is 6.07 Å². The van der Waals surface area contributed by atoms with E-state index in [2.05, 4.69) is 0 Å². The number of methoxy groups -OCH3 is 1. The summed E-state index contributed by atoms with van der Waals surface area (Å²) in [4.78, 5) is 12.8. The number of carbonyl (C=O) groups is 1. The van der Waals surface area contributed by atoms with Crippen LogP contribution < -0.4 is 4.74 Å². The first-order valence-electron chi connectivity index (χ1n) is 6.67. The average molecular weight is 283 g/mol. The van der Waals surface area contributed by atoms with Crippen LogP contribution in [0.25, 0.3) is 0 Å². The number of hydrogen-bond acceptors (Lipinski definition) is 3. The van der Waals surface area contributed by atoms with Crippen LogP contribution in [0.1, 0.15) is 38.8 Å². The Labute approximate surface area is 119 Å². The molecule has 0 aromatic heterocycles. The Morgan fingerprint density at radius 1 is 1.40 bits per heavy atom. The fourth-order valence-electron chi connectivity index (χ4n) is 2.26. The van der Waals surface area contributed by atoms with Crippen molar-refractivity contribution in [1.29, 1.82) is 0 Å². The normalized spacial score (nSPS) is 12.8. The molecule has 1 rings (SSSR count). The summed E-state index contributed by atoms with van der Waals surface area (Å²) >= 11 is 0. The van der Waals surface area contributed by atoms with Gasteiger partial charge in [-0.1, -0.05) is 6.07 Å². The third-order valence-electron chi connectivity index (χ3n) is 3.40. The van der Waals surface area contributed by atoms with Gasteiger partial charge in [0.05, 0.1) is 13.5 Å². The minimum Gasteiger partial charge on any atom is -0.494 e. The van der Waals surface area contributed by atoms with Crippen LogP contribution in [-0.4, -0.2) is 35.7 Å². The van der Waals surface area contributed by atoms with Gasteiger partial charge < -0.3 is 9.84 Å². The number of ether oxygens (including phenoxy) is 1. The molecule has 1 aromatic rings. The van der Waals surface area contributed by atoms with Crippen LogP contribution in [0.5, 0.6) is 5.75 Å². The van der Waals surface area contributed by atoms with Gasteiger partial charge in [0.1, 0.15) is 0 Å². The highest BCUT2D eigenvalue weighted by molar-refractivity contribution is 5.66. The fraction of sp³-hybridized carbons (Fsp3) is 0.533. The fourth-order valence-corrected chi connectivity index (χ4v) is 2.26. The van der Waals surface area contributed by atoms with Crippen molar-refractivity contribution in [2.75, 3.05) is 13.7 Å². The first-order chi connectivity index (χ1) is 9.36. The van der Waals surface area contributed by atoms with Crippen LogP contribution in [-0.2, 0) is 4.79 Å². The van der Waals surface area contributed by atoms with Gasteiger partial charge >= 0.3 is 5.97 Å². The van der Waals surface area contributed by atoms with Crippen molar-refractivity contribution in [3.63, 3.8) is 0 Å². The van der Waals surface area contributed by atoms with E-state index in [0.717, 1.165) is 5.56 Å². The number of benzene rings is 1. The predicted octanol–water partition coefficient (Wildman–Crippen LogP) is 3.08. The Bertz CT molecular complexity index is 462. The van der Waals surface area contributed by atoms with E-state index >= 15 is 0 Å². The second-order valence-corrected chi connectivity index (χ2v) is 5.05. The lowest BCUT2D eigenvalue weighted by Crippen LogP contribution is -2.35. The van der Waals surface area contributed by atoms with Crippen molar-refractivity contribution in [2.45, 2.75) is 39.3 Å². The van der Waals surface area contributed by atoms with Crippen LogP contribution in [0.4, 0.5) is 4.39 Å². The molecule has 0 aliphatic rings. The second-order valence-electron chi connectivity index (χ2n) is 5.05. The maximum atomic E-state index is 13.8. The highest BCUT2D eigenvalue weighted by Crippen LogP contribution is 2.26. The molecule has 112 valence electrons. The Hall–Kier alpha value is -1.62. The van der Waals surface area contributed by atoms with E-state index < -0.39 is 11.8 Å². The summed E-state index contributed by atoms with van der Waals surface area (Å²) in [7, 11) is 1.43. The molecular weight excluding hydrogens is 261 g/mol. The first kappa shape index (κ1) is 16.4. The van der Waals surface area contributed by atoms with Gasteiger partial charge in [0.2, 0.25) is 0 Å². The van der Waals surface area contributed by atoms with Gasteiger partial charge in [0, 0.05) is 18.6 Å². The molecule has 1 N–H and O–H groups in total. The van der Waals surface area contributed by atoms with Crippen LogP contribution in [0.2, 0.25) is 0 Å². The summed E-state index contributed by atoms with van der Waals surface area (Å²) in [6, 6.07) is 4.96. The summed E-state index contributed by atoms with van der Waals surface area (Å²) in [5.74, 6) is -1.02. The van der Waals surface area contributed by atoms with E-state index in [-0.39, 0.29) is 24.3 Å². The third kappa shape index (κ3) is 4.20. The Morgan fingerprint density at radius 3 is 2.50 bits per heavy atom. The number of hydrogen-bond donors (Lipinski definition) is 1. The molecule has 0 spiro atoms. The van der Waals surface area contributed by atoms with E-state index in [0.29, 0.717) is 6.54 Å². The quantitative estimate of drug-likeness (QED) is 0.835. The number of aliphatic carboxylic acids is 1. The number of carboxylic acid groups (broad SMARTS) is 1. The summed E-state index contributed by atoms with van der Waals surface area (Å²) in [5, 5.41) is 8.81. The zero-order valence-corrected chi connectivity index (χ0v) is 12.4. The van der Waals surface area contributed by atoms with Crippen molar-refractivity contribution in [3.05, 3.63) is 29.6 Å². The van der Waals surface area contributed by atoms with Crippen molar-refractivity contribution >= 4 is 5.97 Å². The minimum absolute atomic E-state index is 0.0604. The highest BCUT2D eigenvalue weighted by atomic mass is 19.1. The Morgan fingerprint density at radius 2 is 2.05 bits per heavy atom. The molecular formula is C15H22FNO3. The molecule has 0 fully saturated rings. The van der Waals surface area contributed by atoms with E-state index in [4.69, 9.17) is 9.84 Å². The molecule has 0 saturated carbocycles. The lowest BCUT2D eigenvalue weighted by atomic mass is 10.0. The molecule has 20 heavy (non-hydrogen) atoms. The standard InChI is InChI=1S/C15H22FNO3/c1-10(2)17(8-7-15(18)19)11(3)12-5-6-14(20-4)13(16)9-12/h5-6,9-11H,7-8H2,1-4H3,(H,18,19). The molecule has 0 aliphatic carbocycles. The molecule has 0 saturated heterocycles. The zero-order chi connectivity index (χ0) is 15.3. The molecule has 4 nitrogen and oxygen atoms in total. The summed E-state index contributed by atoms with van der Waals surface area (Å²) in [6.45, 7) is 6.38. The van der Waals surface area contributed by atoms with Crippen molar-refractivity contribution in [2.24, 2.45) is 0 Å². The third-order valence-corrected chi connectivity index (χ3v) is 3.40. The molecule has 1 unspecified atom stereocenters. The smallest absolute Gasteiger partial charge is 0.304 e. The molecule has 0 heterocycles. The Kier molecular flexibility index (Phi) is 5.95. The minimum atomic E-state index is -0.830. The molecule has 0 bridgehead atoms. The average Bonchev–Trinajstić information content (AvgIpc) is 2.37. The van der Waals surface area contributed by atoms with Gasteiger partial charge in [-0.05, 0) is 38.5 Å². The molecule has 1 atom stereocenters. The highest BCUT2D eigenvalue weighted by Gasteiger charge is 2.20. The van der Waals surface area contributed by atoms with Crippen molar-refractivity contribution in [3.8, 4) is 5.75 Å². The van der Waals surface area contributed by atoms with Gasteiger partial charge in [-0.25, -0.2) is 4.39 Å². The monoisotopic (exact) mass is 283 g/mol. The Balaban J connectivity index is 2.91. The lowest BCUT2D eigenvalue weighted by Gasteiger charge is -2.32. The summed E-state index contributed by atoms with van der Waals surface area (Å²) in [6.07, 6.45) is 0.0706. The first-order valence-corrected chi connectivity index (χ1v) is 6.67. The summed E-state index contributed by atoms with van der Waals surface area (Å²) < 4.78 is 18.7.